The molecule has 5 heteroatoms. The van der Waals surface area contributed by atoms with E-state index >= 15 is 0 Å². The van der Waals surface area contributed by atoms with Crippen molar-refractivity contribution in [2.24, 2.45) is 5.73 Å². The molecule has 0 aliphatic rings. The Morgan fingerprint density at radius 2 is 1.86 bits per heavy atom. The van der Waals surface area contributed by atoms with Gasteiger partial charge in [0.2, 0.25) is 0 Å². The first-order valence-electron chi connectivity index (χ1n) is 7.09. The lowest BCUT2D eigenvalue weighted by Crippen LogP contribution is -2.04. The lowest BCUT2D eigenvalue weighted by Gasteiger charge is -2.09. The van der Waals surface area contributed by atoms with E-state index in [9.17, 15) is 0 Å². The molecule has 114 valence electrons. The van der Waals surface area contributed by atoms with E-state index in [2.05, 4.69) is 4.40 Å². The normalized spacial score (nSPS) is 10.9. The number of imidazole rings is 1. The van der Waals surface area contributed by atoms with Gasteiger partial charge in [0.1, 0.15) is 5.65 Å². The largest absolute Gasteiger partial charge is 0.493 e. The highest BCUT2D eigenvalue weighted by molar-refractivity contribution is 5.69. The number of nitrogens with two attached hydrogens (primary N) is 1. The molecule has 0 spiro atoms. The highest BCUT2D eigenvalue weighted by Crippen LogP contribution is 2.33. The van der Waals surface area contributed by atoms with Crippen molar-refractivity contribution in [3.63, 3.8) is 0 Å². The summed E-state index contributed by atoms with van der Waals surface area (Å²) in [4.78, 5) is 4.73. The molecule has 2 N–H and O–H groups in total. The van der Waals surface area contributed by atoms with Crippen LogP contribution in [0, 0.1) is 6.92 Å². The van der Waals surface area contributed by atoms with Gasteiger partial charge >= 0.3 is 0 Å². The Balaban J connectivity index is 2.24. The number of hydrogen-bond acceptors (Lipinski definition) is 4. The molecule has 0 radical (unpaired) electrons. The molecule has 0 saturated carbocycles. The molecule has 1 aromatic carbocycles. The summed E-state index contributed by atoms with van der Waals surface area (Å²) in [5.41, 5.74) is 10.8. The van der Waals surface area contributed by atoms with E-state index in [0.29, 0.717) is 18.0 Å². The summed E-state index contributed by atoms with van der Waals surface area (Å²) < 4.78 is 12.8. The van der Waals surface area contributed by atoms with Gasteiger partial charge in [-0.1, -0.05) is 6.07 Å². The fourth-order valence-corrected chi connectivity index (χ4v) is 2.73. The number of nitrogens with zero attached hydrogens (tertiary/aromatic N) is 2. The van der Waals surface area contributed by atoms with E-state index in [0.717, 1.165) is 28.3 Å². The second kappa shape index (κ2) is 5.69. The number of rotatable bonds is 4. The molecule has 3 rings (SSSR count). The van der Waals surface area contributed by atoms with Crippen LogP contribution in [0.1, 0.15) is 11.4 Å². The van der Waals surface area contributed by atoms with Gasteiger partial charge in [-0.25, -0.2) is 4.98 Å². The standard InChI is InChI=1S/C17H19N3O2/c1-11-5-4-6-16-19-17(13(10-18)20(11)16)12-7-8-14(21-2)15(9-12)22-3/h4-9H,10,18H2,1-3H3. The van der Waals surface area contributed by atoms with E-state index in [1.54, 1.807) is 14.2 Å². The number of hydrogen-bond donors (Lipinski definition) is 1. The molecule has 2 heterocycles. The maximum absolute atomic E-state index is 5.98. The molecule has 0 saturated heterocycles. The zero-order chi connectivity index (χ0) is 15.7. The first-order valence-corrected chi connectivity index (χ1v) is 7.09. The SMILES string of the molecule is COc1ccc(-c2nc3cccc(C)n3c2CN)cc1OC. The number of ether oxygens (including phenoxy) is 2. The third-order valence-electron chi connectivity index (χ3n) is 3.78. The van der Waals surface area contributed by atoms with Crippen molar-refractivity contribution in [1.29, 1.82) is 0 Å². The van der Waals surface area contributed by atoms with Crippen molar-refractivity contribution >= 4 is 5.65 Å². The summed E-state index contributed by atoms with van der Waals surface area (Å²) in [6.45, 7) is 2.46. The van der Waals surface area contributed by atoms with Crippen molar-refractivity contribution in [2.45, 2.75) is 13.5 Å². The Labute approximate surface area is 129 Å². The number of aryl methyl sites for hydroxylation is 1. The van der Waals surface area contributed by atoms with Crippen molar-refractivity contribution in [3.05, 3.63) is 47.8 Å². The monoisotopic (exact) mass is 297 g/mol. The molecule has 0 aliphatic heterocycles. The van der Waals surface area contributed by atoms with Crippen LogP contribution in [-0.2, 0) is 6.54 Å². The summed E-state index contributed by atoms with van der Waals surface area (Å²) in [7, 11) is 3.25. The molecule has 0 unspecified atom stereocenters. The van der Waals surface area contributed by atoms with Crippen molar-refractivity contribution in [2.75, 3.05) is 14.2 Å². The first-order chi connectivity index (χ1) is 10.7. The second-order valence-corrected chi connectivity index (χ2v) is 5.04. The Hall–Kier alpha value is -2.53. The number of pyridine rings is 1. The quantitative estimate of drug-likeness (QED) is 0.804. The molecule has 0 aliphatic carbocycles. The number of methoxy groups -OCH3 is 2. The maximum Gasteiger partial charge on any atom is 0.161 e. The second-order valence-electron chi connectivity index (χ2n) is 5.04. The molecular weight excluding hydrogens is 278 g/mol. The molecule has 0 fully saturated rings. The van der Waals surface area contributed by atoms with E-state index in [-0.39, 0.29) is 0 Å². The summed E-state index contributed by atoms with van der Waals surface area (Å²) in [5, 5.41) is 0. The predicted octanol–water partition coefficient (Wildman–Crippen LogP) is 2.79. The smallest absolute Gasteiger partial charge is 0.161 e. The van der Waals surface area contributed by atoms with Crippen LogP contribution in [0.2, 0.25) is 0 Å². The zero-order valence-corrected chi connectivity index (χ0v) is 13.0. The van der Waals surface area contributed by atoms with Gasteiger partial charge in [-0.3, -0.25) is 4.40 Å². The highest BCUT2D eigenvalue weighted by Gasteiger charge is 2.15. The average Bonchev–Trinajstić information content (AvgIpc) is 2.94. The maximum atomic E-state index is 5.98. The average molecular weight is 297 g/mol. The van der Waals surface area contributed by atoms with E-state index in [1.165, 1.54) is 0 Å². The fraction of sp³-hybridized carbons (Fsp3) is 0.235. The minimum Gasteiger partial charge on any atom is -0.493 e. The van der Waals surface area contributed by atoms with Crippen LogP contribution in [0.3, 0.4) is 0 Å². The van der Waals surface area contributed by atoms with Crippen molar-refractivity contribution < 1.29 is 9.47 Å². The van der Waals surface area contributed by atoms with Crippen LogP contribution in [0.5, 0.6) is 11.5 Å². The van der Waals surface area contributed by atoms with Crippen LogP contribution in [0.15, 0.2) is 36.4 Å². The van der Waals surface area contributed by atoms with Crippen LogP contribution < -0.4 is 15.2 Å². The first kappa shape index (κ1) is 14.4. The van der Waals surface area contributed by atoms with Crippen molar-refractivity contribution in [3.8, 4) is 22.8 Å². The molecule has 2 aromatic heterocycles. The van der Waals surface area contributed by atoms with E-state index in [1.807, 2.05) is 43.3 Å². The van der Waals surface area contributed by atoms with Gasteiger partial charge in [-0.05, 0) is 37.3 Å². The van der Waals surface area contributed by atoms with E-state index in [4.69, 9.17) is 20.2 Å². The zero-order valence-electron chi connectivity index (χ0n) is 13.0. The molecule has 5 nitrogen and oxygen atoms in total. The lowest BCUT2D eigenvalue weighted by atomic mass is 10.1. The fourth-order valence-electron chi connectivity index (χ4n) is 2.73. The van der Waals surface area contributed by atoms with Crippen LogP contribution in [0.4, 0.5) is 0 Å². The summed E-state index contributed by atoms with van der Waals surface area (Å²) in [5.74, 6) is 1.37. The summed E-state index contributed by atoms with van der Waals surface area (Å²) in [6, 6.07) is 11.8. The minimum atomic E-state index is 0.412. The Morgan fingerprint density at radius 1 is 1.09 bits per heavy atom. The summed E-state index contributed by atoms with van der Waals surface area (Å²) >= 11 is 0. The highest BCUT2D eigenvalue weighted by atomic mass is 16.5. The topological polar surface area (TPSA) is 61.8 Å². The Kier molecular flexibility index (Phi) is 3.73. The predicted molar refractivity (Wildman–Crippen MR) is 86.4 cm³/mol. The molecule has 22 heavy (non-hydrogen) atoms. The number of benzene rings is 1. The molecular formula is C17H19N3O2. The van der Waals surface area contributed by atoms with Crippen molar-refractivity contribution in [1.82, 2.24) is 9.38 Å². The van der Waals surface area contributed by atoms with E-state index < -0.39 is 0 Å². The molecule has 0 amide bonds. The van der Waals surface area contributed by atoms with Gasteiger partial charge in [-0.15, -0.1) is 0 Å². The van der Waals surface area contributed by atoms with Gasteiger partial charge in [0.15, 0.2) is 11.5 Å². The van der Waals surface area contributed by atoms with Crippen LogP contribution in [-0.4, -0.2) is 23.6 Å². The van der Waals surface area contributed by atoms with Gasteiger partial charge in [-0.2, -0.15) is 0 Å². The van der Waals surface area contributed by atoms with Gasteiger partial charge in [0.05, 0.1) is 25.6 Å². The van der Waals surface area contributed by atoms with Gasteiger partial charge in [0.25, 0.3) is 0 Å². The van der Waals surface area contributed by atoms with Crippen LogP contribution >= 0.6 is 0 Å². The number of aromatic nitrogens is 2. The summed E-state index contributed by atoms with van der Waals surface area (Å²) in [6.07, 6.45) is 0. The molecule has 0 atom stereocenters. The Morgan fingerprint density at radius 3 is 2.55 bits per heavy atom. The third kappa shape index (κ3) is 2.19. The minimum absolute atomic E-state index is 0.412. The van der Waals surface area contributed by atoms with Gasteiger partial charge < -0.3 is 15.2 Å². The van der Waals surface area contributed by atoms with Gasteiger partial charge in [0, 0.05) is 17.8 Å². The van der Waals surface area contributed by atoms with Crippen LogP contribution in [0.25, 0.3) is 16.9 Å². The Bertz CT molecular complexity index is 824. The third-order valence-corrected chi connectivity index (χ3v) is 3.78. The number of fused-ring (bicyclic) bond motifs is 1. The lowest BCUT2D eigenvalue weighted by molar-refractivity contribution is 0.355. The molecule has 3 aromatic rings. The molecule has 0 bridgehead atoms.